The van der Waals surface area contributed by atoms with E-state index in [2.05, 4.69) is 6.92 Å². The topological polar surface area (TPSA) is 38.7 Å². The number of hydrogen-bond acceptors (Lipinski definition) is 3. The zero-order valence-corrected chi connectivity index (χ0v) is 9.78. The van der Waals surface area contributed by atoms with E-state index >= 15 is 0 Å². The molecular weight excluding hydrogens is 192 g/mol. The van der Waals surface area contributed by atoms with Crippen LogP contribution >= 0.6 is 0 Å². The summed E-state index contributed by atoms with van der Waals surface area (Å²) in [6.45, 7) is 3.09. The van der Waals surface area contributed by atoms with Gasteiger partial charge >= 0.3 is 0 Å². The van der Waals surface area contributed by atoms with Gasteiger partial charge in [-0.25, -0.2) is 0 Å². The maximum Gasteiger partial charge on any atom is 0.157 e. The Morgan fingerprint density at radius 1 is 1.00 bits per heavy atom. The summed E-state index contributed by atoms with van der Waals surface area (Å²) in [7, 11) is 0. The second kappa shape index (κ2) is 8.08. The first-order valence-corrected chi connectivity index (χ1v) is 6.24. The largest absolute Gasteiger partial charge is 0.388 e. The van der Waals surface area contributed by atoms with Crippen molar-refractivity contribution < 1.29 is 14.6 Å². The fraction of sp³-hybridized carbons (Fsp3) is 1.00. The van der Waals surface area contributed by atoms with Crippen molar-refractivity contribution in [2.24, 2.45) is 0 Å². The Bertz CT molecular complexity index is 142. The third kappa shape index (κ3) is 6.13. The number of hydrogen-bond donors (Lipinski definition) is 1. The molecule has 0 aromatic rings. The third-order valence-corrected chi connectivity index (χ3v) is 2.74. The van der Waals surface area contributed by atoms with Gasteiger partial charge in [-0.05, 0) is 12.8 Å². The van der Waals surface area contributed by atoms with Crippen LogP contribution in [0.25, 0.3) is 0 Å². The number of rotatable bonds is 7. The van der Waals surface area contributed by atoms with Crippen LogP contribution in [0.15, 0.2) is 0 Å². The fourth-order valence-corrected chi connectivity index (χ4v) is 1.79. The lowest BCUT2D eigenvalue weighted by Crippen LogP contribution is -2.35. The van der Waals surface area contributed by atoms with Gasteiger partial charge in [0.2, 0.25) is 0 Å². The van der Waals surface area contributed by atoms with Crippen LogP contribution in [0.1, 0.15) is 51.9 Å². The fourth-order valence-electron chi connectivity index (χ4n) is 1.79. The molecule has 0 saturated carbocycles. The molecule has 1 N–H and O–H groups in total. The number of aliphatic hydroxyl groups excluding tert-OH is 1. The van der Waals surface area contributed by atoms with E-state index in [4.69, 9.17) is 14.6 Å². The van der Waals surface area contributed by atoms with E-state index in [1.54, 1.807) is 0 Å². The summed E-state index contributed by atoms with van der Waals surface area (Å²) in [6.07, 6.45) is 8.24. The Balaban J connectivity index is 1.87. The van der Waals surface area contributed by atoms with Gasteiger partial charge in [0.05, 0.1) is 13.2 Å². The van der Waals surface area contributed by atoms with Gasteiger partial charge in [0.15, 0.2) is 6.29 Å². The van der Waals surface area contributed by atoms with Gasteiger partial charge < -0.3 is 14.6 Å². The molecule has 1 rings (SSSR count). The molecule has 0 aromatic heterocycles. The van der Waals surface area contributed by atoms with Crippen LogP contribution in [0.5, 0.6) is 0 Å². The van der Waals surface area contributed by atoms with Crippen molar-refractivity contribution in [1.29, 1.82) is 0 Å². The van der Waals surface area contributed by atoms with Crippen LogP contribution in [-0.4, -0.2) is 30.7 Å². The van der Waals surface area contributed by atoms with Gasteiger partial charge in [-0.2, -0.15) is 0 Å². The van der Waals surface area contributed by atoms with E-state index in [1.165, 1.54) is 38.5 Å². The van der Waals surface area contributed by atoms with Gasteiger partial charge in [0.25, 0.3) is 0 Å². The monoisotopic (exact) mass is 216 g/mol. The molecule has 0 aromatic carbocycles. The van der Waals surface area contributed by atoms with E-state index in [9.17, 15) is 0 Å². The maximum absolute atomic E-state index is 9.15. The highest BCUT2D eigenvalue weighted by molar-refractivity contribution is 4.60. The third-order valence-electron chi connectivity index (χ3n) is 2.74. The molecule has 1 aliphatic rings. The molecule has 1 fully saturated rings. The minimum absolute atomic E-state index is 0.0698. The maximum atomic E-state index is 9.15. The molecule has 1 aliphatic heterocycles. The van der Waals surface area contributed by atoms with E-state index in [1.807, 2.05) is 0 Å². The highest BCUT2D eigenvalue weighted by atomic mass is 16.7. The summed E-state index contributed by atoms with van der Waals surface area (Å²) in [5.41, 5.74) is 0. The van der Waals surface area contributed by atoms with E-state index in [0.717, 1.165) is 6.42 Å². The molecule has 90 valence electrons. The van der Waals surface area contributed by atoms with Crippen molar-refractivity contribution >= 4 is 0 Å². The molecule has 1 saturated heterocycles. The predicted octanol–water partition coefficient (Wildman–Crippen LogP) is 2.47. The molecule has 0 atom stereocenters. The molecule has 3 nitrogen and oxygen atoms in total. The van der Waals surface area contributed by atoms with Gasteiger partial charge in [0.1, 0.15) is 6.10 Å². The minimum atomic E-state index is -0.425. The number of ether oxygens (including phenoxy) is 2. The lowest BCUT2D eigenvalue weighted by Gasteiger charge is -2.26. The summed E-state index contributed by atoms with van der Waals surface area (Å²) >= 11 is 0. The molecule has 1 heterocycles. The second-order valence-electron chi connectivity index (χ2n) is 4.31. The van der Waals surface area contributed by atoms with Crippen LogP contribution < -0.4 is 0 Å². The van der Waals surface area contributed by atoms with Crippen molar-refractivity contribution in [1.82, 2.24) is 0 Å². The van der Waals surface area contributed by atoms with Crippen molar-refractivity contribution in [3.05, 3.63) is 0 Å². The molecule has 0 spiro atoms. The average Bonchev–Trinajstić information content (AvgIpc) is 2.26. The first-order valence-electron chi connectivity index (χ1n) is 6.24. The zero-order chi connectivity index (χ0) is 10.9. The average molecular weight is 216 g/mol. The van der Waals surface area contributed by atoms with Gasteiger partial charge in [-0.3, -0.25) is 0 Å². The standard InChI is InChI=1S/C12H24O3/c1-2-3-4-5-6-7-8-12-14-9-11(13)10-15-12/h11-13H,2-10H2,1H3. The summed E-state index contributed by atoms with van der Waals surface area (Å²) < 4.78 is 10.7. The number of aliphatic hydroxyl groups is 1. The first-order chi connectivity index (χ1) is 7.33. The molecule has 0 bridgehead atoms. The Labute approximate surface area is 92.8 Å². The molecule has 0 aliphatic carbocycles. The quantitative estimate of drug-likeness (QED) is 0.664. The predicted molar refractivity (Wildman–Crippen MR) is 59.7 cm³/mol. The molecule has 0 radical (unpaired) electrons. The molecule has 15 heavy (non-hydrogen) atoms. The second-order valence-corrected chi connectivity index (χ2v) is 4.31. The highest BCUT2D eigenvalue weighted by Gasteiger charge is 2.19. The van der Waals surface area contributed by atoms with Crippen LogP contribution in [-0.2, 0) is 9.47 Å². The Morgan fingerprint density at radius 3 is 2.27 bits per heavy atom. The SMILES string of the molecule is CCCCCCCCC1OCC(O)CO1. The summed E-state index contributed by atoms with van der Waals surface area (Å²) in [5.74, 6) is 0. The van der Waals surface area contributed by atoms with Crippen LogP contribution in [0, 0.1) is 0 Å². The van der Waals surface area contributed by atoms with E-state index in [-0.39, 0.29) is 6.29 Å². The molecule has 0 unspecified atom stereocenters. The molecule has 3 heteroatoms. The molecular formula is C12H24O3. The molecule has 0 amide bonds. The van der Waals surface area contributed by atoms with Gasteiger partial charge in [-0.15, -0.1) is 0 Å². The van der Waals surface area contributed by atoms with Crippen molar-refractivity contribution in [3.8, 4) is 0 Å². The minimum Gasteiger partial charge on any atom is -0.388 e. The Morgan fingerprint density at radius 2 is 1.60 bits per heavy atom. The lowest BCUT2D eigenvalue weighted by atomic mass is 10.1. The van der Waals surface area contributed by atoms with Crippen LogP contribution in [0.3, 0.4) is 0 Å². The van der Waals surface area contributed by atoms with Crippen molar-refractivity contribution in [2.45, 2.75) is 64.3 Å². The van der Waals surface area contributed by atoms with Crippen LogP contribution in [0.4, 0.5) is 0 Å². The van der Waals surface area contributed by atoms with Crippen LogP contribution in [0.2, 0.25) is 0 Å². The summed E-state index contributed by atoms with van der Waals surface area (Å²) in [6, 6.07) is 0. The Kier molecular flexibility index (Phi) is 6.98. The lowest BCUT2D eigenvalue weighted by molar-refractivity contribution is -0.218. The normalized spacial score (nSPS) is 26.8. The van der Waals surface area contributed by atoms with Gasteiger partial charge in [-0.1, -0.05) is 39.0 Å². The first kappa shape index (κ1) is 12.9. The highest BCUT2D eigenvalue weighted by Crippen LogP contribution is 2.14. The summed E-state index contributed by atoms with van der Waals surface area (Å²) in [5, 5.41) is 9.15. The van der Waals surface area contributed by atoms with Crippen molar-refractivity contribution in [2.75, 3.05) is 13.2 Å². The van der Waals surface area contributed by atoms with E-state index < -0.39 is 6.10 Å². The zero-order valence-electron chi connectivity index (χ0n) is 9.78. The van der Waals surface area contributed by atoms with E-state index in [0.29, 0.717) is 13.2 Å². The Hall–Kier alpha value is -0.120. The number of unbranched alkanes of at least 4 members (excludes halogenated alkanes) is 5. The smallest absolute Gasteiger partial charge is 0.157 e. The summed E-state index contributed by atoms with van der Waals surface area (Å²) in [4.78, 5) is 0. The van der Waals surface area contributed by atoms with Crippen molar-refractivity contribution in [3.63, 3.8) is 0 Å². The van der Waals surface area contributed by atoms with Gasteiger partial charge in [0, 0.05) is 0 Å².